The zero-order valence-corrected chi connectivity index (χ0v) is 9.93. The molecule has 0 aliphatic heterocycles. The molecule has 0 saturated carbocycles. The van der Waals surface area contributed by atoms with Crippen LogP contribution in [0.3, 0.4) is 0 Å². The summed E-state index contributed by atoms with van der Waals surface area (Å²) < 4.78 is 5.34. The first-order chi connectivity index (χ1) is 6.43. The van der Waals surface area contributed by atoms with Gasteiger partial charge in [0, 0.05) is 6.42 Å². The van der Waals surface area contributed by atoms with Gasteiger partial charge in [0.1, 0.15) is 5.88 Å². The summed E-state index contributed by atoms with van der Waals surface area (Å²) in [4.78, 5) is 0. The van der Waals surface area contributed by atoms with Crippen molar-refractivity contribution in [3.05, 3.63) is 11.8 Å². The lowest BCUT2D eigenvalue weighted by atomic mass is 9.80. The number of aromatic nitrogens is 2. The van der Waals surface area contributed by atoms with Crippen LogP contribution in [0.25, 0.3) is 0 Å². The van der Waals surface area contributed by atoms with Gasteiger partial charge in [0.05, 0.1) is 0 Å². The second kappa shape index (κ2) is 4.30. The Kier molecular flexibility index (Phi) is 3.53. The van der Waals surface area contributed by atoms with E-state index in [0.717, 1.165) is 6.42 Å². The zero-order valence-electron chi connectivity index (χ0n) is 9.17. The minimum atomic E-state index is 0.260. The SMILES string of the molecule is CC(Cc1nnc(CCl)o1)C(C)(C)C. The van der Waals surface area contributed by atoms with Gasteiger partial charge in [0.25, 0.3) is 0 Å². The largest absolute Gasteiger partial charge is 0.424 e. The quantitative estimate of drug-likeness (QED) is 0.730. The third-order valence-corrected chi connectivity index (χ3v) is 2.81. The summed E-state index contributed by atoms with van der Waals surface area (Å²) in [7, 11) is 0. The molecule has 0 aliphatic carbocycles. The van der Waals surface area contributed by atoms with Gasteiger partial charge in [-0.15, -0.1) is 21.8 Å². The predicted molar refractivity (Wildman–Crippen MR) is 56.2 cm³/mol. The molecule has 0 saturated heterocycles. The summed E-state index contributed by atoms with van der Waals surface area (Å²) >= 11 is 5.57. The van der Waals surface area contributed by atoms with E-state index in [1.165, 1.54) is 0 Å². The van der Waals surface area contributed by atoms with Crippen LogP contribution in [-0.2, 0) is 12.3 Å². The van der Waals surface area contributed by atoms with E-state index >= 15 is 0 Å². The number of hydrogen-bond donors (Lipinski definition) is 0. The van der Waals surface area contributed by atoms with E-state index in [1.807, 2.05) is 0 Å². The molecule has 0 aromatic carbocycles. The van der Waals surface area contributed by atoms with Gasteiger partial charge in [0.15, 0.2) is 0 Å². The summed E-state index contributed by atoms with van der Waals surface area (Å²) in [6, 6.07) is 0. The van der Waals surface area contributed by atoms with Crippen molar-refractivity contribution in [3.63, 3.8) is 0 Å². The number of nitrogens with zero attached hydrogens (tertiary/aromatic N) is 2. The smallest absolute Gasteiger partial charge is 0.231 e. The molecule has 0 N–H and O–H groups in total. The molecule has 80 valence electrons. The molecular formula is C10H17ClN2O. The van der Waals surface area contributed by atoms with E-state index in [2.05, 4.69) is 37.9 Å². The van der Waals surface area contributed by atoms with Crippen molar-refractivity contribution in [2.45, 2.75) is 40.0 Å². The van der Waals surface area contributed by atoms with E-state index in [1.54, 1.807) is 0 Å². The molecule has 3 nitrogen and oxygen atoms in total. The highest BCUT2D eigenvalue weighted by Gasteiger charge is 2.22. The lowest BCUT2D eigenvalue weighted by molar-refractivity contribution is 0.244. The van der Waals surface area contributed by atoms with Crippen molar-refractivity contribution in [2.75, 3.05) is 0 Å². The van der Waals surface area contributed by atoms with Crippen molar-refractivity contribution in [1.29, 1.82) is 0 Å². The van der Waals surface area contributed by atoms with Crippen LogP contribution in [0.5, 0.6) is 0 Å². The summed E-state index contributed by atoms with van der Waals surface area (Å²) in [6.07, 6.45) is 0.813. The van der Waals surface area contributed by atoms with Crippen LogP contribution in [0.1, 0.15) is 39.5 Å². The average molecular weight is 217 g/mol. The fourth-order valence-electron chi connectivity index (χ4n) is 0.993. The molecule has 1 aromatic heterocycles. The van der Waals surface area contributed by atoms with Crippen LogP contribution in [-0.4, -0.2) is 10.2 Å². The molecule has 4 heteroatoms. The first-order valence-corrected chi connectivity index (χ1v) is 5.34. The Bertz CT molecular complexity index is 291. The summed E-state index contributed by atoms with van der Waals surface area (Å²) in [5.41, 5.74) is 0.260. The van der Waals surface area contributed by atoms with Crippen molar-refractivity contribution in [1.82, 2.24) is 10.2 Å². The minimum Gasteiger partial charge on any atom is -0.424 e. The summed E-state index contributed by atoms with van der Waals surface area (Å²) in [5.74, 6) is 1.98. The summed E-state index contributed by atoms with van der Waals surface area (Å²) in [5, 5.41) is 7.76. The fourth-order valence-corrected chi connectivity index (χ4v) is 1.10. The Morgan fingerprint density at radius 3 is 2.29 bits per heavy atom. The van der Waals surface area contributed by atoms with Gasteiger partial charge >= 0.3 is 0 Å². The van der Waals surface area contributed by atoms with Crippen LogP contribution in [0, 0.1) is 11.3 Å². The zero-order chi connectivity index (χ0) is 10.8. The number of rotatable bonds is 3. The molecule has 1 rings (SSSR count). The van der Waals surface area contributed by atoms with Gasteiger partial charge in [0.2, 0.25) is 11.8 Å². The Labute approximate surface area is 89.9 Å². The monoisotopic (exact) mass is 216 g/mol. The van der Waals surface area contributed by atoms with E-state index in [0.29, 0.717) is 17.7 Å². The van der Waals surface area contributed by atoms with Crippen LogP contribution in [0.2, 0.25) is 0 Å². The first-order valence-electron chi connectivity index (χ1n) is 4.80. The van der Waals surface area contributed by atoms with E-state index in [-0.39, 0.29) is 11.3 Å². The molecule has 14 heavy (non-hydrogen) atoms. The maximum atomic E-state index is 5.57. The molecule has 0 fully saturated rings. The number of alkyl halides is 1. The molecule has 1 atom stereocenters. The lowest BCUT2D eigenvalue weighted by Gasteiger charge is -2.25. The Morgan fingerprint density at radius 2 is 1.86 bits per heavy atom. The van der Waals surface area contributed by atoms with Crippen molar-refractivity contribution >= 4 is 11.6 Å². The highest BCUT2D eigenvalue weighted by molar-refractivity contribution is 6.16. The Balaban J connectivity index is 2.60. The third kappa shape index (κ3) is 2.98. The van der Waals surface area contributed by atoms with Gasteiger partial charge in [-0.05, 0) is 11.3 Å². The van der Waals surface area contributed by atoms with E-state index < -0.39 is 0 Å². The highest BCUT2D eigenvalue weighted by Crippen LogP contribution is 2.28. The van der Waals surface area contributed by atoms with Crippen molar-refractivity contribution in [3.8, 4) is 0 Å². The number of halogens is 1. The fraction of sp³-hybridized carbons (Fsp3) is 0.800. The molecule has 0 aliphatic rings. The van der Waals surface area contributed by atoms with Crippen LogP contribution in [0.4, 0.5) is 0 Å². The summed E-state index contributed by atoms with van der Waals surface area (Å²) in [6.45, 7) is 8.80. The number of hydrogen-bond acceptors (Lipinski definition) is 3. The van der Waals surface area contributed by atoms with Crippen LogP contribution < -0.4 is 0 Å². The van der Waals surface area contributed by atoms with Crippen LogP contribution >= 0.6 is 11.6 Å². The minimum absolute atomic E-state index is 0.260. The second-order valence-electron chi connectivity index (χ2n) is 4.69. The van der Waals surface area contributed by atoms with E-state index in [9.17, 15) is 0 Å². The first kappa shape index (κ1) is 11.5. The van der Waals surface area contributed by atoms with Gasteiger partial charge < -0.3 is 4.42 Å². The molecule has 0 bridgehead atoms. The standard InChI is InChI=1S/C10H17ClN2O/c1-7(10(2,3)4)5-8-12-13-9(6-11)14-8/h7H,5-6H2,1-4H3. The molecular weight excluding hydrogens is 200 g/mol. The lowest BCUT2D eigenvalue weighted by Crippen LogP contribution is -2.19. The van der Waals surface area contributed by atoms with Gasteiger partial charge in [-0.2, -0.15) is 0 Å². The predicted octanol–water partition coefficient (Wildman–Crippen LogP) is 3.03. The second-order valence-corrected chi connectivity index (χ2v) is 4.96. The molecule has 1 unspecified atom stereocenters. The molecule has 1 aromatic rings. The van der Waals surface area contributed by atoms with Gasteiger partial charge in [-0.3, -0.25) is 0 Å². The normalized spacial score (nSPS) is 14.4. The Morgan fingerprint density at radius 1 is 1.29 bits per heavy atom. The maximum Gasteiger partial charge on any atom is 0.231 e. The molecule has 0 amide bonds. The van der Waals surface area contributed by atoms with Crippen LogP contribution in [0.15, 0.2) is 4.42 Å². The highest BCUT2D eigenvalue weighted by atomic mass is 35.5. The van der Waals surface area contributed by atoms with E-state index in [4.69, 9.17) is 16.0 Å². The van der Waals surface area contributed by atoms with Gasteiger partial charge in [-0.25, -0.2) is 0 Å². The Hall–Kier alpha value is -0.570. The topological polar surface area (TPSA) is 38.9 Å². The maximum absolute atomic E-state index is 5.57. The van der Waals surface area contributed by atoms with Gasteiger partial charge in [-0.1, -0.05) is 27.7 Å². The van der Waals surface area contributed by atoms with Crippen molar-refractivity contribution < 1.29 is 4.42 Å². The third-order valence-electron chi connectivity index (χ3n) is 2.58. The molecule has 0 radical (unpaired) electrons. The van der Waals surface area contributed by atoms with Crippen molar-refractivity contribution in [2.24, 2.45) is 11.3 Å². The molecule has 1 heterocycles. The average Bonchev–Trinajstić information content (AvgIpc) is 2.50. The molecule has 0 spiro atoms.